The fourth-order valence-electron chi connectivity index (χ4n) is 4.05. The van der Waals surface area contributed by atoms with Crippen molar-refractivity contribution in [3.63, 3.8) is 0 Å². The number of hydrogen-bond acceptors (Lipinski definition) is 5. The number of urea groups is 1. The predicted octanol–water partition coefficient (Wildman–Crippen LogP) is 6.25. The number of rotatable bonds is 5. The smallest absolute Gasteiger partial charge is 0.322 e. The van der Waals surface area contributed by atoms with E-state index in [1.54, 1.807) is 28.4 Å². The minimum absolute atomic E-state index is 0.184. The van der Waals surface area contributed by atoms with Gasteiger partial charge in [-0.2, -0.15) is 4.98 Å². The second-order valence-corrected chi connectivity index (χ2v) is 9.35. The van der Waals surface area contributed by atoms with E-state index in [9.17, 15) is 9.18 Å². The lowest BCUT2D eigenvalue weighted by atomic mass is 9.92. The molecular weight excluding hydrogens is 451 g/mol. The van der Waals surface area contributed by atoms with Crippen LogP contribution in [0.5, 0.6) is 0 Å². The Morgan fingerprint density at radius 2 is 1.88 bits per heavy atom. The number of benzene rings is 2. The Labute approximate surface area is 200 Å². The van der Waals surface area contributed by atoms with Crippen LogP contribution in [0, 0.1) is 19.7 Å². The van der Waals surface area contributed by atoms with Crippen molar-refractivity contribution in [1.29, 1.82) is 0 Å². The lowest BCUT2D eigenvalue weighted by Crippen LogP contribution is -2.45. The van der Waals surface area contributed by atoms with Crippen LogP contribution >= 0.6 is 11.3 Å². The van der Waals surface area contributed by atoms with E-state index in [-0.39, 0.29) is 11.8 Å². The Morgan fingerprint density at radius 3 is 2.59 bits per heavy atom. The first-order valence-corrected chi connectivity index (χ1v) is 11.8. The summed E-state index contributed by atoms with van der Waals surface area (Å²) in [5.41, 5.74) is 5.36. The zero-order chi connectivity index (χ0) is 23.8. The number of amides is 2. The van der Waals surface area contributed by atoms with Crippen LogP contribution in [0.1, 0.15) is 40.4 Å². The van der Waals surface area contributed by atoms with Gasteiger partial charge in [-0.1, -0.05) is 29.4 Å². The number of carbonyl (C=O) groups is 1. The lowest BCUT2D eigenvalue weighted by Gasteiger charge is -2.35. The quantitative estimate of drug-likeness (QED) is 0.371. The molecule has 5 rings (SSSR count). The van der Waals surface area contributed by atoms with Gasteiger partial charge in [-0.15, -0.1) is 11.3 Å². The van der Waals surface area contributed by atoms with Gasteiger partial charge in [-0.05, 0) is 73.2 Å². The van der Waals surface area contributed by atoms with E-state index < -0.39 is 6.04 Å². The summed E-state index contributed by atoms with van der Waals surface area (Å²) in [4.78, 5) is 20.6. The van der Waals surface area contributed by atoms with E-state index in [2.05, 4.69) is 28.4 Å². The summed E-state index contributed by atoms with van der Waals surface area (Å²) >= 11 is 1.59. The number of nitrogens with zero attached hydrogens (tertiary/aromatic N) is 3. The second-order valence-electron chi connectivity index (χ2n) is 8.32. The minimum Gasteiger partial charge on any atom is -0.334 e. The van der Waals surface area contributed by atoms with Gasteiger partial charge in [0, 0.05) is 16.1 Å². The van der Waals surface area contributed by atoms with E-state index in [1.807, 2.05) is 43.5 Å². The van der Waals surface area contributed by atoms with Crippen molar-refractivity contribution in [2.75, 3.05) is 0 Å². The number of hydrogen-bond donors (Lipinski definition) is 1. The van der Waals surface area contributed by atoms with E-state index in [0.29, 0.717) is 23.8 Å². The third-order valence-corrected chi connectivity index (χ3v) is 6.97. The van der Waals surface area contributed by atoms with Gasteiger partial charge in [0.15, 0.2) is 0 Å². The molecule has 1 aliphatic heterocycles. The molecule has 0 saturated heterocycles. The Bertz CT molecular complexity index is 1380. The van der Waals surface area contributed by atoms with Crippen LogP contribution in [0.4, 0.5) is 9.18 Å². The molecule has 1 N–H and O–H groups in total. The number of allylic oxidation sites excluding steroid dienone is 1. The number of nitrogens with one attached hydrogen (secondary N) is 1. The molecular formula is C26H23FN4O2S. The first kappa shape index (κ1) is 22.0. The van der Waals surface area contributed by atoms with E-state index >= 15 is 0 Å². The van der Waals surface area contributed by atoms with Crippen molar-refractivity contribution < 1.29 is 13.7 Å². The Morgan fingerprint density at radius 1 is 1.09 bits per heavy atom. The molecule has 172 valence electrons. The maximum Gasteiger partial charge on any atom is 0.322 e. The van der Waals surface area contributed by atoms with E-state index in [0.717, 1.165) is 27.3 Å². The Kier molecular flexibility index (Phi) is 5.75. The van der Waals surface area contributed by atoms with Gasteiger partial charge in [0.2, 0.25) is 5.82 Å². The second kappa shape index (κ2) is 8.87. The highest BCUT2D eigenvalue weighted by molar-refractivity contribution is 7.09. The molecule has 0 radical (unpaired) electrons. The number of aryl methyl sites for hydroxylation is 2. The monoisotopic (exact) mass is 474 g/mol. The molecule has 1 aliphatic rings. The number of carbonyl (C=O) groups excluding carboxylic acids is 1. The van der Waals surface area contributed by atoms with Crippen molar-refractivity contribution in [2.45, 2.75) is 33.4 Å². The van der Waals surface area contributed by atoms with Gasteiger partial charge in [0.05, 0.1) is 18.2 Å². The Hall–Kier alpha value is -3.78. The lowest BCUT2D eigenvalue weighted by molar-refractivity contribution is 0.203. The predicted molar refractivity (Wildman–Crippen MR) is 129 cm³/mol. The van der Waals surface area contributed by atoms with Crippen LogP contribution in [-0.2, 0) is 6.54 Å². The van der Waals surface area contributed by atoms with E-state index in [1.165, 1.54) is 17.7 Å². The van der Waals surface area contributed by atoms with Crippen LogP contribution in [-0.4, -0.2) is 21.1 Å². The summed E-state index contributed by atoms with van der Waals surface area (Å²) in [5.74, 6) is 0.340. The van der Waals surface area contributed by atoms with Crippen molar-refractivity contribution in [3.05, 3.63) is 98.9 Å². The van der Waals surface area contributed by atoms with Gasteiger partial charge < -0.3 is 9.84 Å². The molecule has 4 aromatic rings. The van der Waals surface area contributed by atoms with Gasteiger partial charge in [0.1, 0.15) is 5.82 Å². The van der Waals surface area contributed by atoms with Crippen molar-refractivity contribution in [3.8, 4) is 11.4 Å². The molecule has 2 aromatic carbocycles. The van der Waals surface area contributed by atoms with Crippen molar-refractivity contribution >= 4 is 22.9 Å². The first-order chi connectivity index (χ1) is 16.4. The molecule has 0 saturated carbocycles. The van der Waals surface area contributed by atoms with Gasteiger partial charge in [0.25, 0.3) is 5.89 Å². The highest BCUT2D eigenvalue weighted by Crippen LogP contribution is 2.38. The molecule has 0 bridgehead atoms. The zero-order valence-electron chi connectivity index (χ0n) is 19.0. The molecule has 1 atom stereocenters. The SMILES string of the molecule is CC1=C(c2nc(-c3ccc(F)cc3)no2)C(c2ccc(C)c(C)c2)NC(=O)N1Cc1cccs1. The third kappa shape index (κ3) is 4.12. The van der Waals surface area contributed by atoms with Crippen LogP contribution in [0.25, 0.3) is 17.0 Å². The first-order valence-electron chi connectivity index (χ1n) is 10.9. The zero-order valence-corrected chi connectivity index (χ0v) is 19.8. The van der Waals surface area contributed by atoms with Gasteiger partial charge in [-0.3, -0.25) is 4.90 Å². The maximum atomic E-state index is 13.4. The molecule has 6 nitrogen and oxygen atoms in total. The largest absolute Gasteiger partial charge is 0.334 e. The topological polar surface area (TPSA) is 71.3 Å². The summed E-state index contributed by atoms with van der Waals surface area (Å²) in [6, 6.07) is 15.4. The number of halogens is 1. The van der Waals surface area contributed by atoms with Crippen LogP contribution < -0.4 is 5.32 Å². The molecule has 8 heteroatoms. The van der Waals surface area contributed by atoms with Gasteiger partial charge in [-0.25, -0.2) is 9.18 Å². The molecule has 0 aliphatic carbocycles. The van der Waals surface area contributed by atoms with Crippen LogP contribution in [0.15, 0.2) is 70.2 Å². The minimum atomic E-state index is -0.451. The number of thiophene rings is 1. The third-order valence-electron chi connectivity index (χ3n) is 6.11. The normalized spacial score (nSPS) is 16.2. The number of aromatic nitrogens is 2. The highest BCUT2D eigenvalue weighted by atomic mass is 32.1. The van der Waals surface area contributed by atoms with Crippen molar-refractivity contribution in [2.24, 2.45) is 0 Å². The summed E-state index contributed by atoms with van der Waals surface area (Å²) < 4.78 is 19.1. The fourth-order valence-corrected chi connectivity index (χ4v) is 4.74. The average molecular weight is 475 g/mol. The highest BCUT2D eigenvalue weighted by Gasteiger charge is 2.36. The summed E-state index contributed by atoms with van der Waals surface area (Å²) in [5, 5.41) is 9.26. The summed E-state index contributed by atoms with van der Waals surface area (Å²) in [6.45, 7) is 6.44. The van der Waals surface area contributed by atoms with E-state index in [4.69, 9.17) is 4.52 Å². The molecule has 0 spiro atoms. The van der Waals surface area contributed by atoms with Crippen LogP contribution in [0.3, 0.4) is 0 Å². The molecule has 0 fully saturated rings. The molecule has 34 heavy (non-hydrogen) atoms. The fraction of sp³-hybridized carbons (Fsp3) is 0.192. The van der Waals surface area contributed by atoms with Gasteiger partial charge >= 0.3 is 6.03 Å². The Balaban J connectivity index is 1.61. The summed E-state index contributed by atoms with van der Waals surface area (Å²) in [7, 11) is 0. The average Bonchev–Trinajstić information content (AvgIpc) is 3.51. The van der Waals surface area contributed by atoms with Crippen LogP contribution in [0.2, 0.25) is 0 Å². The van der Waals surface area contributed by atoms with Crippen molar-refractivity contribution in [1.82, 2.24) is 20.4 Å². The molecule has 1 unspecified atom stereocenters. The maximum absolute atomic E-state index is 13.4. The molecule has 2 amide bonds. The summed E-state index contributed by atoms with van der Waals surface area (Å²) in [6.07, 6.45) is 0. The molecule has 2 aromatic heterocycles. The molecule has 3 heterocycles. The standard InChI is InChI=1S/C26H23FN4O2S/c1-15-6-7-19(13-16(15)2)23-22(17(3)31(26(32)28-23)14-21-5-4-12-34-21)25-29-24(30-33-25)18-8-10-20(27)11-9-18/h4-13,23H,14H2,1-3H3,(H,28,32).